The Morgan fingerprint density at radius 3 is 2.49 bits per heavy atom. The number of benzene rings is 2. The summed E-state index contributed by atoms with van der Waals surface area (Å²) < 4.78 is 14.7. The average molecular weight is 531 g/mol. The summed E-state index contributed by atoms with van der Waals surface area (Å²) in [5.74, 6) is -0.999. The summed E-state index contributed by atoms with van der Waals surface area (Å²) in [5.41, 5.74) is 5.78. The number of aromatic nitrogens is 5. The van der Waals surface area contributed by atoms with Gasteiger partial charge in [0.1, 0.15) is 5.82 Å². The van der Waals surface area contributed by atoms with E-state index in [1.807, 2.05) is 44.2 Å². The minimum absolute atomic E-state index is 0.0287. The lowest BCUT2D eigenvalue weighted by molar-refractivity contribution is -0.138. The Balaban J connectivity index is 1.32. The molecule has 0 amide bonds. The van der Waals surface area contributed by atoms with Crippen molar-refractivity contribution in [2.24, 2.45) is 5.92 Å². The second kappa shape index (κ2) is 10.2. The van der Waals surface area contributed by atoms with Crippen LogP contribution in [-0.4, -0.2) is 47.0 Å². The number of aliphatic hydroxyl groups is 1. The summed E-state index contributed by atoms with van der Waals surface area (Å²) in [6.07, 6.45) is 2.28. The third-order valence-corrected chi connectivity index (χ3v) is 6.86. The Morgan fingerprint density at radius 2 is 1.87 bits per heavy atom. The summed E-state index contributed by atoms with van der Waals surface area (Å²) >= 11 is 0. The van der Waals surface area contributed by atoms with E-state index in [0.717, 1.165) is 39.2 Å². The summed E-state index contributed by atoms with van der Waals surface area (Å²) in [6.45, 7) is 7.86. The van der Waals surface area contributed by atoms with Crippen molar-refractivity contribution in [3.8, 4) is 22.5 Å². The Bertz CT molecular complexity index is 1500. The van der Waals surface area contributed by atoms with E-state index in [-0.39, 0.29) is 30.7 Å². The van der Waals surface area contributed by atoms with Gasteiger partial charge in [-0.15, -0.1) is 10.2 Å². The number of pyridine rings is 1. The van der Waals surface area contributed by atoms with Gasteiger partial charge in [0.15, 0.2) is 0 Å². The number of aliphatic carboxylic acids is 1. The molecule has 5 rings (SSSR count). The predicted octanol–water partition coefficient (Wildman–Crippen LogP) is 4.73. The first kappa shape index (κ1) is 26.4. The lowest BCUT2D eigenvalue weighted by atomic mass is 9.92. The van der Waals surface area contributed by atoms with Gasteiger partial charge in [0.25, 0.3) is 0 Å². The molecule has 10 heteroatoms. The van der Waals surface area contributed by atoms with Crippen molar-refractivity contribution in [3.63, 3.8) is 0 Å². The fraction of sp³-hybridized carbons (Fsp3) is 0.345. The fourth-order valence-corrected chi connectivity index (χ4v) is 4.91. The van der Waals surface area contributed by atoms with E-state index in [1.165, 1.54) is 10.9 Å². The van der Waals surface area contributed by atoms with Crippen LogP contribution >= 0.6 is 0 Å². The number of nitrogens with zero attached hydrogens (tertiary/aromatic N) is 5. The molecule has 0 aliphatic heterocycles. The molecule has 0 bridgehead atoms. The van der Waals surface area contributed by atoms with Crippen molar-refractivity contribution >= 4 is 11.7 Å². The average Bonchev–Trinajstić information content (AvgIpc) is 3.55. The first-order chi connectivity index (χ1) is 18.5. The number of anilines is 1. The van der Waals surface area contributed by atoms with Crippen LogP contribution in [0.4, 0.5) is 10.1 Å². The first-order valence-electron chi connectivity index (χ1n) is 12.8. The monoisotopic (exact) mass is 530 g/mol. The standard InChI is InChI=1S/C29H31FN6O3/c1-16-9-19(27-33-35-36(34-27)15-29(3,4)39)10-17(2)26(16)18-5-7-24(30)20(11-18)13-31-21-6-8-25(32-14-21)22-12-23(22)28(37)38/h5-11,14,22-23,31,39H,12-13,15H2,1-4H3,(H,37,38)/t22-,23-/m0/s1. The lowest BCUT2D eigenvalue weighted by Gasteiger charge is -2.15. The van der Waals surface area contributed by atoms with Crippen LogP contribution in [0.15, 0.2) is 48.7 Å². The molecule has 1 aliphatic carbocycles. The van der Waals surface area contributed by atoms with Crippen molar-refractivity contribution in [2.45, 2.75) is 58.7 Å². The number of tetrazole rings is 1. The van der Waals surface area contributed by atoms with Crippen LogP contribution < -0.4 is 5.32 Å². The Kier molecular flexibility index (Phi) is 6.90. The third-order valence-electron chi connectivity index (χ3n) is 6.86. The van der Waals surface area contributed by atoms with E-state index in [4.69, 9.17) is 5.11 Å². The molecule has 1 saturated carbocycles. The zero-order valence-corrected chi connectivity index (χ0v) is 22.3. The molecule has 1 fully saturated rings. The minimum atomic E-state index is -0.953. The molecular weight excluding hydrogens is 499 g/mol. The highest BCUT2D eigenvalue weighted by Gasteiger charge is 2.45. The summed E-state index contributed by atoms with van der Waals surface area (Å²) in [7, 11) is 0. The van der Waals surface area contributed by atoms with Gasteiger partial charge >= 0.3 is 5.97 Å². The molecule has 2 aromatic carbocycles. The topological polar surface area (TPSA) is 126 Å². The molecule has 0 saturated heterocycles. The van der Waals surface area contributed by atoms with E-state index in [0.29, 0.717) is 17.8 Å². The SMILES string of the molecule is Cc1cc(-c2nnn(CC(C)(C)O)n2)cc(C)c1-c1ccc(F)c(CNc2ccc([C@H]3C[C@@H]3C(=O)O)nc2)c1. The number of hydrogen-bond acceptors (Lipinski definition) is 7. The van der Waals surface area contributed by atoms with Gasteiger partial charge in [-0.25, -0.2) is 4.39 Å². The Morgan fingerprint density at radius 1 is 1.13 bits per heavy atom. The van der Waals surface area contributed by atoms with Gasteiger partial charge < -0.3 is 15.5 Å². The van der Waals surface area contributed by atoms with Crippen LogP contribution in [0.5, 0.6) is 0 Å². The first-order valence-corrected chi connectivity index (χ1v) is 12.8. The van der Waals surface area contributed by atoms with E-state index in [9.17, 15) is 14.3 Å². The quantitative estimate of drug-likeness (QED) is 0.284. The normalized spacial score (nSPS) is 16.8. The van der Waals surface area contributed by atoms with Gasteiger partial charge in [-0.1, -0.05) is 6.07 Å². The Hall–Kier alpha value is -4.18. The molecule has 4 aromatic rings. The van der Waals surface area contributed by atoms with Crippen molar-refractivity contribution in [1.82, 2.24) is 25.2 Å². The van der Waals surface area contributed by atoms with Gasteiger partial charge in [-0.3, -0.25) is 9.78 Å². The highest BCUT2D eigenvalue weighted by atomic mass is 19.1. The second-order valence-electron chi connectivity index (χ2n) is 10.9. The van der Waals surface area contributed by atoms with Crippen LogP contribution in [0.2, 0.25) is 0 Å². The van der Waals surface area contributed by atoms with Gasteiger partial charge in [-0.05, 0) is 98.0 Å². The van der Waals surface area contributed by atoms with Crippen LogP contribution in [0.3, 0.4) is 0 Å². The molecule has 9 nitrogen and oxygen atoms in total. The van der Waals surface area contributed by atoms with Gasteiger partial charge in [0.2, 0.25) is 5.82 Å². The van der Waals surface area contributed by atoms with Crippen molar-refractivity contribution in [3.05, 3.63) is 76.9 Å². The predicted molar refractivity (Wildman–Crippen MR) is 144 cm³/mol. The van der Waals surface area contributed by atoms with Crippen LogP contribution in [-0.2, 0) is 17.9 Å². The molecule has 3 N–H and O–H groups in total. The number of carboxylic acids is 1. The maximum atomic E-state index is 14.7. The van der Waals surface area contributed by atoms with Crippen LogP contribution in [0.25, 0.3) is 22.5 Å². The summed E-state index contributed by atoms with van der Waals surface area (Å²) in [5, 5.41) is 35.0. The zero-order valence-electron chi connectivity index (χ0n) is 22.3. The van der Waals surface area contributed by atoms with Crippen molar-refractivity contribution < 1.29 is 19.4 Å². The van der Waals surface area contributed by atoms with Crippen molar-refractivity contribution in [2.75, 3.05) is 5.32 Å². The fourth-order valence-electron chi connectivity index (χ4n) is 4.91. The largest absolute Gasteiger partial charge is 0.481 e. The molecule has 202 valence electrons. The van der Waals surface area contributed by atoms with E-state index < -0.39 is 11.6 Å². The molecule has 0 radical (unpaired) electrons. The highest BCUT2D eigenvalue weighted by Crippen LogP contribution is 2.46. The maximum Gasteiger partial charge on any atom is 0.307 e. The van der Waals surface area contributed by atoms with Gasteiger partial charge in [0.05, 0.1) is 29.9 Å². The maximum absolute atomic E-state index is 14.7. The molecule has 39 heavy (non-hydrogen) atoms. The number of rotatable bonds is 9. The number of aryl methyl sites for hydroxylation is 2. The van der Waals surface area contributed by atoms with E-state index in [2.05, 4.69) is 25.7 Å². The molecule has 0 unspecified atom stereocenters. The highest BCUT2D eigenvalue weighted by molar-refractivity contribution is 5.76. The van der Waals surface area contributed by atoms with Gasteiger partial charge in [0, 0.05) is 29.3 Å². The zero-order chi connectivity index (χ0) is 27.9. The molecule has 1 aliphatic rings. The Labute approximate surface area is 225 Å². The number of hydrogen-bond donors (Lipinski definition) is 3. The number of carbonyl (C=O) groups is 1. The van der Waals surface area contributed by atoms with Crippen LogP contribution in [0, 0.1) is 25.6 Å². The third kappa shape index (κ3) is 5.96. The molecule has 2 atom stereocenters. The number of carboxylic acid groups (broad SMARTS) is 1. The summed E-state index contributed by atoms with van der Waals surface area (Å²) in [6, 6.07) is 12.7. The molecule has 0 spiro atoms. The molecule has 2 aromatic heterocycles. The van der Waals surface area contributed by atoms with Gasteiger partial charge in [-0.2, -0.15) is 4.80 Å². The molecular formula is C29H31FN6O3. The second-order valence-corrected chi connectivity index (χ2v) is 10.9. The van der Waals surface area contributed by atoms with Crippen molar-refractivity contribution in [1.29, 1.82) is 0 Å². The van der Waals surface area contributed by atoms with E-state index >= 15 is 0 Å². The smallest absolute Gasteiger partial charge is 0.307 e. The van der Waals surface area contributed by atoms with E-state index in [1.54, 1.807) is 26.1 Å². The summed E-state index contributed by atoms with van der Waals surface area (Å²) in [4.78, 5) is 16.9. The number of nitrogens with one attached hydrogen (secondary N) is 1. The lowest BCUT2D eigenvalue weighted by Crippen LogP contribution is -2.27. The van der Waals surface area contributed by atoms with Crippen LogP contribution in [0.1, 0.15) is 48.6 Å². The number of halogens is 1. The minimum Gasteiger partial charge on any atom is -0.481 e. The molecule has 2 heterocycles.